The fraction of sp³-hybridized carbons (Fsp3) is 0.500. The summed E-state index contributed by atoms with van der Waals surface area (Å²) < 4.78 is 34.7. The van der Waals surface area contributed by atoms with Crippen LogP contribution in [0.4, 0.5) is 5.82 Å². The third-order valence-corrected chi connectivity index (χ3v) is 6.28. The molecule has 226 valence electrons. The van der Waals surface area contributed by atoms with Crippen LogP contribution in [0.5, 0.6) is 0 Å². The van der Waals surface area contributed by atoms with Gasteiger partial charge in [0.15, 0.2) is 17.7 Å². The van der Waals surface area contributed by atoms with Crippen molar-refractivity contribution in [3.8, 4) is 12.3 Å². The smallest absolute Gasteiger partial charge is 0.350 e. The highest BCUT2D eigenvalue weighted by molar-refractivity contribution is 6.28. The van der Waals surface area contributed by atoms with Crippen LogP contribution in [0.3, 0.4) is 0 Å². The molecule has 3 heterocycles. The first kappa shape index (κ1) is 32.3. The van der Waals surface area contributed by atoms with Gasteiger partial charge in [0, 0.05) is 20.3 Å². The molecule has 0 spiro atoms. The van der Waals surface area contributed by atoms with Crippen molar-refractivity contribution in [2.45, 2.75) is 63.8 Å². The molecule has 0 amide bonds. The van der Waals surface area contributed by atoms with Crippen LogP contribution < -0.4 is 5.73 Å². The summed E-state index contributed by atoms with van der Waals surface area (Å²) in [6.07, 6.45) is 3.74. The first-order valence-electron chi connectivity index (χ1n) is 12.7. The number of carbonyl (C=O) groups is 4. The Kier molecular flexibility index (Phi) is 10.1. The summed E-state index contributed by atoms with van der Waals surface area (Å²) in [5.74, 6) is -1.48. The Morgan fingerprint density at radius 3 is 2.38 bits per heavy atom. The molecule has 4 atom stereocenters. The number of terminal acetylenes is 1. The lowest BCUT2D eigenvalue weighted by atomic mass is 9.91. The molecule has 1 saturated heterocycles. The van der Waals surface area contributed by atoms with E-state index in [1.165, 1.54) is 30.8 Å². The van der Waals surface area contributed by atoms with Gasteiger partial charge in [-0.2, -0.15) is 9.97 Å². The molecular weight excluding hydrogens is 578 g/mol. The molecule has 15 nitrogen and oxygen atoms in total. The molecule has 3 rings (SSSR count). The zero-order valence-electron chi connectivity index (χ0n) is 23.3. The van der Waals surface area contributed by atoms with E-state index in [1.807, 2.05) is 0 Å². The Bertz CT molecular complexity index is 1400. The Morgan fingerprint density at radius 2 is 1.86 bits per heavy atom. The quantitative estimate of drug-likeness (QED) is 0.0905. The predicted molar refractivity (Wildman–Crippen MR) is 144 cm³/mol. The molecule has 2 N–H and O–H groups in total. The lowest BCUT2D eigenvalue weighted by Crippen LogP contribution is -2.56. The molecule has 16 heteroatoms. The molecule has 1 fully saturated rings. The van der Waals surface area contributed by atoms with Crippen LogP contribution in [-0.4, -0.2) is 86.6 Å². The van der Waals surface area contributed by atoms with Crippen molar-refractivity contribution in [1.82, 2.24) is 19.5 Å². The maximum atomic E-state index is 13.1. The van der Waals surface area contributed by atoms with Gasteiger partial charge in [-0.1, -0.05) is 12.0 Å². The van der Waals surface area contributed by atoms with E-state index in [1.54, 1.807) is 0 Å². The number of nitrogens with two attached hydrogens (primary N) is 1. The summed E-state index contributed by atoms with van der Waals surface area (Å²) in [5, 5.41) is -0.218. The largest absolute Gasteiger partial charge is 0.463 e. The molecule has 2 aromatic heterocycles. The SMILES string of the molecule is C#C[C@@]1(OC(C)=O)[C@@H](COC(CC=C)(C(=O)OCC)C(=O)OCC)O[C@@H](n2cnc3c(N)nc(Cl)nc32)[C@@H]1OC(C)=O. The van der Waals surface area contributed by atoms with Crippen molar-refractivity contribution in [1.29, 1.82) is 0 Å². The van der Waals surface area contributed by atoms with E-state index in [0.29, 0.717) is 0 Å². The van der Waals surface area contributed by atoms with Crippen molar-refractivity contribution >= 4 is 52.5 Å². The monoisotopic (exact) mass is 607 g/mol. The number of nitrogen functional groups attached to an aromatic ring is 1. The van der Waals surface area contributed by atoms with Crippen molar-refractivity contribution < 1.29 is 47.6 Å². The lowest BCUT2D eigenvalue weighted by Gasteiger charge is -2.34. The average molecular weight is 608 g/mol. The maximum Gasteiger partial charge on any atom is 0.350 e. The zero-order chi connectivity index (χ0) is 31.2. The normalized spacial score (nSPS) is 21.8. The minimum absolute atomic E-state index is 0.0491. The molecule has 1 aliphatic heterocycles. The average Bonchev–Trinajstić information content (AvgIpc) is 3.45. The lowest BCUT2D eigenvalue weighted by molar-refractivity contribution is -0.200. The molecule has 42 heavy (non-hydrogen) atoms. The number of carbonyl (C=O) groups excluding carboxylic acids is 4. The van der Waals surface area contributed by atoms with Crippen molar-refractivity contribution in [2.24, 2.45) is 0 Å². The fourth-order valence-corrected chi connectivity index (χ4v) is 4.61. The standard InChI is InChI=1S/C26H30ClN5O10/c1-7-11-26(22(35)37-9-3,23(36)38-10-4)39-12-16-25(8-2,42-15(6)34)18(40-14(5)33)21(41-16)32-13-29-17-19(28)30-24(27)31-20(17)32/h2,7,13,16,18,21H,1,9-12H2,3-6H3,(H2,28,30,31)/t16-,18+,21-,25-/m1/s1. The van der Waals surface area contributed by atoms with Gasteiger partial charge in [0.05, 0.1) is 26.1 Å². The van der Waals surface area contributed by atoms with Crippen LogP contribution in [-0.2, 0) is 47.6 Å². The number of imidazole rings is 1. The highest BCUT2D eigenvalue weighted by atomic mass is 35.5. The number of ether oxygens (including phenoxy) is 6. The topological polar surface area (TPSA) is 193 Å². The van der Waals surface area contributed by atoms with Gasteiger partial charge >= 0.3 is 23.9 Å². The van der Waals surface area contributed by atoms with Crippen molar-refractivity contribution in [3.63, 3.8) is 0 Å². The first-order valence-corrected chi connectivity index (χ1v) is 13.0. The molecular formula is C26H30ClN5O10. The second kappa shape index (κ2) is 13.1. The van der Waals surface area contributed by atoms with Crippen molar-refractivity contribution in [2.75, 3.05) is 25.6 Å². The Balaban J connectivity index is 2.17. The third kappa shape index (κ3) is 6.01. The summed E-state index contributed by atoms with van der Waals surface area (Å²) in [6.45, 7) is 8.03. The Labute approximate surface area is 245 Å². The van der Waals surface area contributed by atoms with Gasteiger partial charge in [0.2, 0.25) is 17.0 Å². The van der Waals surface area contributed by atoms with Gasteiger partial charge in [-0.25, -0.2) is 14.6 Å². The summed E-state index contributed by atoms with van der Waals surface area (Å²) >= 11 is 6.01. The van der Waals surface area contributed by atoms with Gasteiger partial charge in [0.25, 0.3) is 5.60 Å². The Hall–Kier alpha value is -4.26. The van der Waals surface area contributed by atoms with Gasteiger partial charge in [-0.05, 0) is 25.4 Å². The van der Waals surface area contributed by atoms with Crippen LogP contribution in [0.25, 0.3) is 11.2 Å². The minimum atomic E-state index is -2.32. The summed E-state index contributed by atoms with van der Waals surface area (Å²) in [7, 11) is 0. The van der Waals surface area contributed by atoms with E-state index in [9.17, 15) is 19.2 Å². The molecule has 0 saturated carbocycles. The first-order chi connectivity index (χ1) is 19.9. The predicted octanol–water partition coefficient (Wildman–Crippen LogP) is 1.28. The van der Waals surface area contributed by atoms with Gasteiger partial charge in [-0.15, -0.1) is 13.0 Å². The number of esters is 4. The number of fused-ring (bicyclic) bond motifs is 1. The molecule has 0 bridgehead atoms. The second-order valence-electron chi connectivity index (χ2n) is 8.85. The number of nitrogens with zero attached hydrogens (tertiary/aromatic N) is 4. The number of halogens is 1. The molecule has 1 aliphatic rings. The van der Waals surface area contributed by atoms with E-state index in [2.05, 4.69) is 27.5 Å². The molecule has 0 unspecified atom stereocenters. The van der Waals surface area contributed by atoms with Crippen molar-refractivity contribution in [3.05, 3.63) is 24.3 Å². The number of anilines is 1. The molecule has 0 radical (unpaired) electrons. The zero-order valence-corrected chi connectivity index (χ0v) is 24.1. The second-order valence-corrected chi connectivity index (χ2v) is 9.19. The van der Waals surface area contributed by atoms with Crippen LogP contribution >= 0.6 is 11.6 Å². The third-order valence-electron chi connectivity index (χ3n) is 6.11. The molecule has 0 aromatic carbocycles. The van der Waals surface area contributed by atoms with Crippen LogP contribution in [0, 0.1) is 12.3 Å². The molecule has 2 aromatic rings. The van der Waals surface area contributed by atoms with Gasteiger partial charge in [0.1, 0.15) is 11.6 Å². The van der Waals surface area contributed by atoms with E-state index in [-0.39, 0.29) is 41.9 Å². The highest BCUT2D eigenvalue weighted by Gasteiger charge is 2.63. The van der Waals surface area contributed by atoms with Crippen LogP contribution in [0.15, 0.2) is 19.0 Å². The highest BCUT2D eigenvalue weighted by Crippen LogP contribution is 2.44. The number of rotatable bonds is 12. The summed E-state index contributed by atoms with van der Waals surface area (Å²) in [5.41, 5.74) is 1.67. The maximum absolute atomic E-state index is 13.1. The van der Waals surface area contributed by atoms with Crippen LogP contribution in [0.1, 0.15) is 40.3 Å². The van der Waals surface area contributed by atoms with Gasteiger partial charge < -0.3 is 34.2 Å². The number of hydrogen-bond donors (Lipinski definition) is 1. The van der Waals surface area contributed by atoms with Crippen LogP contribution in [0.2, 0.25) is 5.28 Å². The summed E-state index contributed by atoms with van der Waals surface area (Å²) in [4.78, 5) is 62.9. The summed E-state index contributed by atoms with van der Waals surface area (Å²) in [6, 6.07) is 0. The molecule has 0 aliphatic carbocycles. The van der Waals surface area contributed by atoms with E-state index in [4.69, 9.17) is 52.2 Å². The van der Waals surface area contributed by atoms with Gasteiger partial charge in [-0.3, -0.25) is 14.2 Å². The minimum Gasteiger partial charge on any atom is -0.463 e. The van der Waals surface area contributed by atoms with E-state index >= 15 is 0 Å². The Morgan fingerprint density at radius 1 is 1.21 bits per heavy atom. The fourth-order valence-electron chi connectivity index (χ4n) is 4.44. The van der Waals surface area contributed by atoms with E-state index in [0.717, 1.165) is 13.8 Å². The number of hydrogen-bond acceptors (Lipinski definition) is 14. The van der Waals surface area contributed by atoms with E-state index < -0.39 is 60.1 Å². The number of aromatic nitrogens is 4.